The molecule has 4 aromatic rings. The molecule has 0 atom stereocenters. The van der Waals surface area contributed by atoms with Crippen molar-refractivity contribution in [3.05, 3.63) is 57.1 Å². The van der Waals surface area contributed by atoms with Crippen LogP contribution in [0.4, 0.5) is 0 Å². The zero-order valence-electron chi connectivity index (χ0n) is 11.6. The molecule has 0 fully saturated rings. The van der Waals surface area contributed by atoms with Crippen molar-refractivity contribution in [1.29, 1.82) is 0 Å². The Balaban J connectivity index is 1.69. The zero-order chi connectivity index (χ0) is 15.1. The Hall–Kier alpha value is -2.25. The summed E-state index contributed by atoms with van der Waals surface area (Å²) in [5.74, 6) is 0.582. The largest absolute Gasteiger partial charge is 0.443 e. The minimum absolute atomic E-state index is 0.0382. The van der Waals surface area contributed by atoms with Crippen molar-refractivity contribution in [3.63, 3.8) is 0 Å². The lowest BCUT2D eigenvalue weighted by molar-refractivity contribution is 0.572. The fourth-order valence-electron chi connectivity index (χ4n) is 2.24. The van der Waals surface area contributed by atoms with E-state index in [1.807, 2.05) is 29.8 Å². The van der Waals surface area contributed by atoms with Crippen LogP contribution in [0.15, 0.2) is 44.7 Å². The third-order valence-corrected chi connectivity index (χ3v) is 5.27. The Morgan fingerprint density at radius 3 is 3.09 bits per heavy atom. The van der Waals surface area contributed by atoms with E-state index in [0.717, 1.165) is 16.0 Å². The van der Waals surface area contributed by atoms with Gasteiger partial charge in [-0.2, -0.15) is 0 Å². The molecular formula is C15H11N3O2S2. The van der Waals surface area contributed by atoms with Gasteiger partial charge in [0.2, 0.25) is 5.89 Å². The summed E-state index contributed by atoms with van der Waals surface area (Å²) >= 11 is 3.00. The lowest BCUT2D eigenvalue weighted by atomic mass is 10.3. The Morgan fingerprint density at radius 1 is 1.36 bits per heavy atom. The molecule has 0 aromatic carbocycles. The third-order valence-electron chi connectivity index (χ3n) is 3.34. The molecule has 7 heteroatoms. The van der Waals surface area contributed by atoms with Gasteiger partial charge in [-0.05, 0) is 29.3 Å². The summed E-state index contributed by atoms with van der Waals surface area (Å²) in [6.45, 7) is 2.31. The summed E-state index contributed by atoms with van der Waals surface area (Å²) in [6, 6.07) is 3.90. The molecule has 0 bridgehead atoms. The number of rotatable bonds is 3. The van der Waals surface area contributed by atoms with Crippen molar-refractivity contribution < 1.29 is 4.42 Å². The van der Waals surface area contributed by atoms with Crippen molar-refractivity contribution in [2.75, 3.05) is 0 Å². The number of hydrogen-bond donors (Lipinski definition) is 0. The van der Waals surface area contributed by atoms with Crippen LogP contribution in [-0.2, 0) is 6.54 Å². The van der Waals surface area contributed by atoms with E-state index in [4.69, 9.17) is 4.42 Å². The van der Waals surface area contributed by atoms with Gasteiger partial charge in [-0.15, -0.1) is 22.7 Å². The van der Waals surface area contributed by atoms with Crippen LogP contribution in [0.1, 0.15) is 11.3 Å². The molecule has 0 aliphatic rings. The number of oxazole rings is 1. The molecule has 110 valence electrons. The lowest BCUT2D eigenvalue weighted by Gasteiger charge is -2.02. The van der Waals surface area contributed by atoms with Gasteiger partial charge in [-0.1, -0.05) is 6.07 Å². The first-order valence-electron chi connectivity index (χ1n) is 6.64. The van der Waals surface area contributed by atoms with Gasteiger partial charge in [0.1, 0.15) is 11.0 Å². The van der Waals surface area contributed by atoms with Gasteiger partial charge in [0, 0.05) is 0 Å². The van der Waals surface area contributed by atoms with E-state index in [-0.39, 0.29) is 5.56 Å². The Morgan fingerprint density at radius 2 is 2.27 bits per heavy atom. The minimum Gasteiger partial charge on any atom is -0.443 e. The molecule has 4 rings (SSSR count). The molecule has 0 spiro atoms. The lowest BCUT2D eigenvalue weighted by Crippen LogP contribution is -2.20. The van der Waals surface area contributed by atoms with Crippen molar-refractivity contribution in [1.82, 2.24) is 14.5 Å². The first-order valence-corrected chi connectivity index (χ1v) is 8.40. The SMILES string of the molecule is Cc1csc2c(=O)n(Cc3coc(-c4cccs4)n3)cnc12. The van der Waals surface area contributed by atoms with Gasteiger partial charge < -0.3 is 4.42 Å². The van der Waals surface area contributed by atoms with Crippen molar-refractivity contribution in [3.8, 4) is 10.8 Å². The molecule has 0 aliphatic heterocycles. The molecule has 0 amide bonds. The molecule has 0 aliphatic carbocycles. The quantitative estimate of drug-likeness (QED) is 0.577. The van der Waals surface area contributed by atoms with Gasteiger partial charge >= 0.3 is 0 Å². The van der Waals surface area contributed by atoms with Crippen LogP contribution in [-0.4, -0.2) is 14.5 Å². The number of aromatic nitrogens is 3. The van der Waals surface area contributed by atoms with Gasteiger partial charge in [-0.3, -0.25) is 9.36 Å². The van der Waals surface area contributed by atoms with Crippen molar-refractivity contribution in [2.45, 2.75) is 13.5 Å². The van der Waals surface area contributed by atoms with Crippen LogP contribution in [0.5, 0.6) is 0 Å². The summed E-state index contributed by atoms with van der Waals surface area (Å²) in [5.41, 5.74) is 2.49. The molecule has 4 heterocycles. The van der Waals surface area contributed by atoms with E-state index in [2.05, 4.69) is 9.97 Å². The van der Waals surface area contributed by atoms with Crippen LogP contribution < -0.4 is 5.56 Å². The summed E-state index contributed by atoms with van der Waals surface area (Å²) in [5, 5.41) is 3.93. The average molecular weight is 329 g/mol. The number of hydrogen-bond acceptors (Lipinski definition) is 6. The zero-order valence-corrected chi connectivity index (χ0v) is 13.3. The molecule has 0 saturated carbocycles. The van der Waals surface area contributed by atoms with Crippen molar-refractivity contribution >= 4 is 32.9 Å². The Labute approximate surface area is 133 Å². The number of nitrogens with zero attached hydrogens (tertiary/aromatic N) is 3. The summed E-state index contributed by atoms with van der Waals surface area (Å²) in [6.07, 6.45) is 3.16. The summed E-state index contributed by atoms with van der Waals surface area (Å²) < 4.78 is 7.73. The normalized spacial score (nSPS) is 11.3. The maximum atomic E-state index is 12.5. The smallest absolute Gasteiger partial charge is 0.271 e. The molecular weight excluding hydrogens is 318 g/mol. The highest BCUT2D eigenvalue weighted by Gasteiger charge is 2.11. The fraction of sp³-hybridized carbons (Fsp3) is 0.133. The molecule has 0 radical (unpaired) electrons. The van der Waals surface area contributed by atoms with Crippen LogP contribution in [0, 0.1) is 6.92 Å². The van der Waals surface area contributed by atoms with Crippen LogP contribution >= 0.6 is 22.7 Å². The van der Waals surface area contributed by atoms with Gasteiger partial charge in [-0.25, -0.2) is 9.97 Å². The van der Waals surface area contributed by atoms with E-state index in [9.17, 15) is 4.79 Å². The van der Waals surface area contributed by atoms with Gasteiger partial charge in [0.05, 0.1) is 29.0 Å². The first kappa shape index (κ1) is 13.4. The van der Waals surface area contributed by atoms with E-state index < -0.39 is 0 Å². The standard InChI is InChI=1S/C15H11N3O2S2/c1-9-7-22-13-12(9)16-8-18(15(13)19)5-10-6-20-14(17-10)11-3-2-4-21-11/h2-4,6-8H,5H2,1H3. The van der Waals surface area contributed by atoms with E-state index in [1.165, 1.54) is 11.3 Å². The molecule has 0 N–H and O–H groups in total. The molecule has 4 aromatic heterocycles. The molecule has 5 nitrogen and oxygen atoms in total. The van der Waals surface area contributed by atoms with Crippen LogP contribution in [0.2, 0.25) is 0 Å². The van der Waals surface area contributed by atoms with E-state index in [0.29, 0.717) is 22.8 Å². The van der Waals surface area contributed by atoms with E-state index in [1.54, 1.807) is 28.5 Å². The number of fused-ring (bicyclic) bond motifs is 1. The highest BCUT2D eigenvalue weighted by molar-refractivity contribution is 7.17. The minimum atomic E-state index is -0.0382. The topological polar surface area (TPSA) is 60.9 Å². The molecule has 0 unspecified atom stereocenters. The summed E-state index contributed by atoms with van der Waals surface area (Å²) in [4.78, 5) is 22.2. The highest BCUT2D eigenvalue weighted by atomic mass is 32.1. The van der Waals surface area contributed by atoms with E-state index >= 15 is 0 Å². The second-order valence-corrected chi connectivity index (χ2v) is 6.72. The van der Waals surface area contributed by atoms with Gasteiger partial charge in [0.15, 0.2) is 0 Å². The highest BCUT2D eigenvalue weighted by Crippen LogP contribution is 2.24. The number of thiophene rings is 2. The maximum Gasteiger partial charge on any atom is 0.271 e. The Kier molecular flexibility index (Phi) is 3.16. The number of aryl methyl sites for hydroxylation is 1. The second kappa shape index (κ2) is 5.19. The Bertz CT molecular complexity index is 996. The average Bonchev–Trinajstić information content (AvgIpc) is 3.23. The van der Waals surface area contributed by atoms with Gasteiger partial charge in [0.25, 0.3) is 5.56 Å². The molecule has 22 heavy (non-hydrogen) atoms. The van der Waals surface area contributed by atoms with Crippen LogP contribution in [0.25, 0.3) is 21.0 Å². The van der Waals surface area contributed by atoms with Crippen LogP contribution in [0.3, 0.4) is 0 Å². The second-order valence-electron chi connectivity index (χ2n) is 4.90. The predicted molar refractivity (Wildman–Crippen MR) is 87.5 cm³/mol. The molecule has 0 saturated heterocycles. The fourth-order valence-corrected chi connectivity index (χ4v) is 3.85. The monoisotopic (exact) mass is 329 g/mol. The third kappa shape index (κ3) is 2.18. The first-order chi connectivity index (χ1) is 10.7. The van der Waals surface area contributed by atoms with Crippen molar-refractivity contribution in [2.24, 2.45) is 0 Å². The summed E-state index contributed by atoms with van der Waals surface area (Å²) in [7, 11) is 0. The maximum absolute atomic E-state index is 12.5. The predicted octanol–water partition coefficient (Wildman–Crippen LogP) is 3.53.